The van der Waals surface area contributed by atoms with Crippen LogP contribution in [0.15, 0.2) is 48.5 Å². The summed E-state index contributed by atoms with van der Waals surface area (Å²) in [5.41, 5.74) is 6.08. The number of aliphatic carboxylic acids is 1. The molecule has 0 spiro atoms. The summed E-state index contributed by atoms with van der Waals surface area (Å²) >= 11 is 0. The third-order valence-electron chi connectivity index (χ3n) is 8.75. The van der Waals surface area contributed by atoms with Crippen LogP contribution < -0.4 is 16.1 Å². The van der Waals surface area contributed by atoms with Gasteiger partial charge in [0.2, 0.25) is 5.91 Å². The van der Waals surface area contributed by atoms with Gasteiger partial charge in [-0.3, -0.25) is 20.1 Å². The highest BCUT2D eigenvalue weighted by Crippen LogP contribution is 2.51. The molecule has 0 aromatic heterocycles. The monoisotopic (exact) mass is 521 g/mol. The first-order valence-electron chi connectivity index (χ1n) is 14.3. The second-order valence-corrected chi connectivity index (χ2v) is 11.2. The lowest BCUT2D eigenvalue weighted by Crippen LogP contribution is -2.54. The Labute approximate surface area is 226 Å². The van der Waals surface area contributed by atoms with Gasteiger partial charge in [-0.15, -0.1) is 0 Å². The summed E-state index contributed by atoms with van der Waals surface area (Å²) in [4.78, 5) is 23.6. The van der Waals surface area contributed by atoms with Crippen molar-refractivity contribution < 1.29 is 19.9 Å². The molecule has 0 heterocycles. The van der Waals surface area contributed by atoms with Gasteiger partial charge in [-0.05, 0) is 65.7 Å². The molecule has 0 radical (unpaired) electrons. The van der Waals surface area contributed by atoms with E-state index in [0.29, 0.717) is 18.9 Å². The number of carboxylic acids is 1. The number of amides is 1. The number of hydrogen-bond donors (Lipinski definition) is 5. The molecule has 2 aliphatic carbocycles. The molecule has 7 heteroatoms. The van der Waals surface area contributed by atoms with Crippen molar-refractivity contribution in [1.82, 2.24) is 16.1 Å². The Kier molecular flexibility index (Phi) is 10.3. The number of rotatable bonds is 13. The summed E-state index contributed by atoms with van der Waals surface area (Å²) in [6, 6.07) is 16.1. The van der Waals surface area contributed by atoms with E-state index < -0.39 is 12.0 Å². The van der Waals surface area contributed by atoms with Crippen LogP contribution in [0, 0.1) is 11.3 Å². The average Bonchev–Trinajstić information content (AvgIpc) is 3.50. The Bertz CT molecular complexity index is 1030. The molecule has 2 fully saturated rings. The first kappa shape index (κ1) is 28.3. The van der Waals surface area contributed by atoms with Crippen molar-refractivity contribution in [2.45, 2.75) is 96.3 Å². The number of benzene rings is 2. The number of carbonyl (C=O) groups excluding carboxylic acids is 1. The zero-order chi connectivity index (χ0) is 26.8. The quantitative estimate of drug-likeness (QED) is 0.185. The van der Waals surface area contributed by atoms with Crippen LogP contribution >= 0.6 is 0 Å². The maximum absolute atomic E-state index is 12.5. The van der Waals surface area contributed by atoms with Gasteiger partial charge in [0.05, 0.1) is 0 Å². The van der Waals surface area contributed by atoms with Gasteiger partial charge in [-0.1, -0.05) is 80.6 Å². The number of carbonyl (C=O) groups is 2. The van der Waals surface area contributed by atoms with Crippen LogP contribution in [-0.2, 0) is 35.6 Å². The summed E-state index contributed by atoms with van der Waals surface area (Å²) in [6.45, 7) is 2.06. The van der Waals surface area contributed by atoms with Crippen LogP contribution in [0.1, 0.15) is 86.5 Å². The fourth-order valence-corrected chi connectivity index (χ4v) is 6.66. The minimum Gasteiger partial charge on any atom is -0.480 e. The van der Waals surface area contributed by atoms with Crippen LogP contribution in [0.2, 0.25) is 0 Å². The predicted molar refractivity (Wildman–Crippen MR) is 147 cm³/mol. The van der Waals surface area contributed by atoms with E-state index in [1.807, 2.05) is 12.1 Å². The van der Waals surface area contributed by atoms with Gasteiger partial charge in [0.25, 0.3) is 0 Å². The normalized spacial score (nSPS) is 18.2. The van der Waals surface area contributed by atoms with Gasteiger partial charge in [0, 0.05) is 26.1 Å². The van der Waals surface area contributed by atoms with Crippen molar-refractivity contribution in [1.29, 1.82) is 0 Å². The van der Waals surface area contributed by atoms with Crippen molar-refractivity contribution in [3.8, 4) is 0 Å². The van der Waals surface area contributed by atoms with Gasteiger partial charge >= 0.3 is 5.97 Å². The Hall–Kier alpha value is -2.74. The third kappa shape index (κ3) is 7.43. The molecular weight excluding hydrogens is 478 g/mol. The van der Waals surface area contributed by atoms with Crippen LogP contribution in [-0.4, -0.2) is 28.2 Å². The first-order valence-corrected chi connectivity index (χ1v) is 14.3. The number of carboxylic acid groups (broad SMARTS) is 1. The molecule has 0 saturated heterocycles. The molecule has 2 aliphatic rings. The fraction of sp³-hybridized carbons (Fsp3) is 0.548. The highest BCUT2D eigenvalue weighted by molar-refractivity contribution is 5.75. The van der Waals surface area contributed by atoms with Crippen molar-refractivity contribution in [3.05, 3.63) is 70.8 Å². The van der Waals surface area contributed by atoms with Crippen molar-refractivity contribution in [2.24, 2.45) is 11.3 Å². The van der Waals surface area contributed by atoms with E-state index in [1.165, 1.54) is 43.2 Å². The van der Waals surface area contributed by atoms with Gasteiger partial charge < -0.3 is 10.4 Å². The van der Waals surface area contributed by atoms with Crippen LogP contribution in [0.4, 0.5) is 0 Å². The SMILES string of the molecule is O=C(CCc1ccc(CNCc2ccc(CN[C@H](C(=O)O)C3(C4CCCC4)CCCCC3)cc2)cc1)NO. The summed E-state index contributed by atoms with van der Waals surface area (Å²) in [5.74, 6) is -0.534. The zero-order valence-electron chi connectivity index (χ0n) is 22.4. The molecule has 2 saturated carbocycles. The molecule has 0 unspecified atom stereocenters. The van der Waals surface area contributed by atoms with Gasteiger partial charge in [0.15, 0.2) is 0 Å². The third-order valence-corrected chi connectivity index (χ3v) is 8.75. The van der Waals surface area contributed by atoms with Crippen LogP contribution in [0.25, 0.3) is 0 Å². The van der Waals surface area contributed by atoms with E-state index in [2.05, 4.69) is 47.0 Å². The second kappa shape index (κ2) is 13.9. The molecule has 2 aromatic rings. The number of hydroxylamine groups is 1. The van der Waals surface area contributed by atoms with E-state index in [-0.39, 0.29) is 17.7 Å². The van der Waals surface area contributed by atoms with Crippen molar-refractivity contribution >= 4 is 11.9 Å². The van der Waals surface area contributed by atoms with Gasteiger partial charge in [-0.2, -0.15) is 0 Å². The Morgan fingerprint density at radius 2 is 1.32 bits per heavy atom. The molecule has 0 aliphatic heterocycles. The summed E-state index contributed by atoms with van der Waals surface area (Å²) < 4.78 is 0. The van der Waals surface area contributed by atoms with Crippen molar-refractivity contribution in [3.63, 3.8) is 0 Å². The van der Waals surface area contributed by atoms with Gasteiger partial charge in [0.1, 0.15) is 6.04 Å². The molecule has 4 rings (SSSR count). The number of nitrogens with one attached hydrogen (secondary N) is 3. The van der Waals surface area contributed by atoms with E-state index in [0.717, 1.165) is 49.9 Å². The smallest absolute Gasteiger partial charge is 0.321 e. The molecule has 5 N–H and O–H groups in total. The van der Waals surface area contributed by atoms with Crippen molar-refractivity contribution in [2.75, 3.05) is 0 Å². The Morgan fingerprint density at radius 3 is 1.84 bits per heavy atom. The second-order valence-electron chi connectivity index (χ2n) is 11.2. The van der Waals surface area contributed by atoms with Gasteiger partial charge in [-0.25, -0.2) is 5.48 Å². The molecule has 7 nitrogen and oxygen atoms in total. The topological polar surface area (TPSA) is 111 Å². The summed E-state index contributed by atoms with van der Waals surface area (Å²) in [6.07, 6.45) is 11.3. The molecular formula is C31H43N3O4. The molecule has 206 valence electrons. The number of aryl methyl sites for hydroxylation is 1. The highest BCUT2D eigenvalue weighted by atomic mass is 16.5. The van der Waals surface area contributed by atoms with Crippen LogP contribution in [0.5, 0.6) is 0 Å². The van der Waals surface area contributed by atoms with E-state index in [4.69, 9.17) is 5.21 Å². The summed E-state index contributed by atoms with van der Waals surface area (Å²) in [7, 11) is 0. The fourth-order valence-electron chi connectivity index (χ4n) is 6.66. The standard InChI is InChI=1S/C31H43N3O4/c35-28(34-38)17-16-23-8-10-24(11-9-23)20-32-21-25-12-14-26(15-13-25)22-33-29(30(36)37)31(18-4-1-5-19-31)27-6-2-3-7-27/h8-15,27,29,32-33,38H,1-7,16-22H2,(H,34,35)(H,36,37)/t29-/m1/s1. The van der Waals surface area contributed by atoms with E-state index in [9.17, 15) is 14.7 Å². The maximum Gasteiger partial charge on any atom is 0.321 e. The lowest BCUT2D eigenvalue weighted by molar-refractivity contribution is -0.146. The predicted octanol–water partition coefficient (Wildman–Crippen LogP) is 5.10. The molecule has 1 atom stereocenters. The lowest BCUT2D eigenvalue weighted by Gasteiger charge is -2.46. The molecule has 2 aromatic carbocycles. The van der Waals surface area contributed by atoms with E-state index >= 15 is 0 Å². The molecule has 38 heavy (non-hydrogen) atoms. The number of hydrogen-bond acceptors (Lipinski definition) is 5. The Balaban J connectivity index is 1.26. The minimum absolute atomic E-state index is 0.100. The largest absolute Gasteiger partial charge is 0.480 e. The van der Waals surface area contributed by atoms with Crippen LogP contribution in [0.3, 0.4) is 0 Å². The lowest BCUT2D eigenvalue weighted by atomic mass is 9.61. The summed E-state index contributed by atoms with van der Waals surface area (Å²) in [5, 5.41) is 25.8. The Morgan fingerprint density at radius 1 is 0.789 bits per heavy atom. The van der Waals surface area contributed by atoms with E-state index in [1.54, 1.807) is 5.48 Å². The molecule has 1 amide bonds. The average molecular weight is 522 g/mol. The minimum atomic E-state index is -0.691. The first-order chi connectivity index (χ1) is 18.5. The maximum atomic E-state index is 12.5. The highest BCUT2D eigenvalue weighted by Gasteiger charge is 2.49. The zero-order valence-corrected chi connectivity index (χ0v) is 22.4. The molecule has 0 bridgehead atoms.